The maximum absolute atomic E-state index is 12.4. The molecule has 1 amide bonds. The van der Waals surface area contributed by atoms with Crippen molar-refractivity contribution >= 4 is 5.91 Å². The molecule has 2 aromatic rings. The number of hydrogen-bond donors (Lipinski definition) is 3. The molecule has 1 aliphatic rings. The summed E-state index contributed by atoms with van der Waals surface area (Å²) in [6.45, 7) is 0. The van der Waals surface area contributed by atoms with Gasteiger partial charge < -0.3 is 15.2 Å². The maximum Gasteiger partial charge on any atom is 0.264 e. The van der Waals surface area contributed by atoms with E-state index < -0.39 is 0 Å². The van der Waals surface area contributed by atoms with Crippen molar-refractivity contribution in [1.29, 1.82) is 0 Å². The lowest BCUT2D eigenvalue weighted by molar-refractivity contribution is -0.123. The van der Waals surface area contributed by atoms with Crippen LogP contribution in [0.4, 0.5) is 0 Å². The highest BCUT2D eigenvalue weighted by Gasteiger charge is 2.35. The second kappa shape index (κ2) is 8.09. The Morgan fingerprint density at radius 1 is 1.38 bits per heavy atom. The van der Waals surface area contributed by atoms with Gasteiger partial charge in [0.1, 0.15) is 0 Å². The molecule has 1 unspecified atom stereocenters. The monoisotopic (exact) mass is 358 g/mol. The van der Waals surface area contributed by atoms with E-state index in [-0.39, 0.29) is 36.0 Å². The molecule has 0 spiro atoms. The lowest BCUT2D eigenvalue weighted by atomic mass is 9.75. The number of rotatable bonds is 7. The van der Waals surface area contributed by atoms with Crippen LogP contribution in [0.3, 0.4) is 0 Å². The second-order valence-corrected chi connectivity index (χ2v) is 6.48. The molecule has 3 N–H and O–H groups in total. The molecule has 0 aromatic carbocycles. The van der Waals surface area contributed by atoms with Gasteiger partial charge in [-0.15, -0.1) is 0 Å². The van der Waals surface area contributed by atoms with Crippen molar-refractivity contribution in [3.63, 3.8) is 0 Å². The normalized spacial score (nSPS) is 20.1. The van der Waals surface area contributed by atoms with E-state index in [1.54, 1.807) is 25.4 Å². The topological polar surface area (TPSA) is 117 Å². The third kappa shape index (κ3) is 4.45. The fraction of sp³-hybridized carbons (Fsp3) is 0.444. The van der Waals surface area contributed by atoms with Crippen LogP contribution >= 0.6 is 0 Å². The van der Waals surface area contributed by atoms with Crippen molar-refractivity contribution in [2.45, 2.75) is 37.8 Å². The summed E-state index contributed by atoms with van der Waals surface area (Å²) in [5.74, 6) is 0.576. The number of hydrogen-bond acceptors (Lipinski definition) is 6. The van der Waals surface area contributed by atoms with E-state index in [4.69, 9.17) is 4.74 Å². The first kappa shape index (κ1) is 18.1. The standard InChI is InChI=1S/C18H22N4O4/c1-26-17-7-2-11(10-19-17)18(12-8-14(23)9-12)20-15(24)5-3-13-4-6-16(25)22-21-13/h2,4,6-7,10,12,14,18,23H,3,5,8-9H2,1H3,(H,20,24)(H,22,25). The number of nitrogens with zero attached hydrogens (tertiary/aromatic N) is 2. The number of aliphatic hydroxyl groups is 1. The SMILES string of the molecule is COc1ccc(C(NC(=O)CCc2ccc(=O)[nH]n2)C2CC(O)C2)cn1. The van der Waals surface area contributed by atoms with Crippen LogP contribution in [0.25, 0.3) is 0 Å². The minimum absolute atomic E-state index is 0.111. The average molecular weight is 358 g/mol. The van der Waals surface area contributed by atoms with Crippen LogP contribution in [0, 0.1) is 5.92 Å². The van der Waals surface area contributed by atoms with Crippen LogP contribution in [0.2, 0.25) is 0 Å². The third-order valence-corrected chi connectivity index (χ3v) is 4.61. The molecule has 1 aliphatic carbocycles. The number of aliphatic hydroxyl groups excluding tert-OH is 1. The summed E-state index contributed by atoms with van der Waals surface area (Å²) in [6, 6.07) is 6.44. The Morgan fingerprint density at radius 2 is 2.19 bits per heavy atom. The van der Waals surface area contributed by atoms with Crippen molar-refractivity contribution in [3.05, 3.63) is 52.1 Å². The quantitative estimate of drug-likeness (QED) is 0.672. The van der Waals surface area contributed by atoms with Crippen molar-refractivity contribution in [2.75, 3.05) is 7.11 Å². The number of ether oxygens (including phenoxy) is 1. The van der Waals surface area contributed by atoms with Gasteiger partial charge in [-0.25, -0.2) is 10.1 Å². The van der Waals surface area contributed by atoms with Crippen LogP contribution in [0.5, 0.6) is 5.88 Å². The number of carbonyl (C=O) groups excluding carboxylic acids is 1. The minimum Gasteiger partial charge on any atom is -0.481 e. The van der Waals surface area contributed by atoms with Crippen molar-refractivity contribution in [2.24, 2.45) is 5.92 Å². The van der Waals surface area contributed by atoms with Gasteiger partial charge in [0.25, 0.3) is 5.56 Å². The van der Waals surface area contributed by atoms with Crippen LogP contribution in [0.1, 0.15) is 36.6 Å². The molecule has 2 heterocycles. The highest BCUT2D eigenvalue weighted by molar-refractivity contribution is 5.76. The Morgan fingerprint density at radius 3 is 2.77 bits per heavy atom. The molecule has 1 saturated carbocycles. The van der Waals surface area contributed by atoms with E-state index in [1.165, 1.54) is 6.07 Å². The zero-order chi connectivity index (χ0) is 18.5. The average Bonchev–Trinajstić information content (AvgIpc) is 2.63. The molecule has 1 fully saturated rings. The zero-order valence-corrected chi connectivity index (χ0v) is 14.5. The number of aryl methyl sites for hydroxylation is 1. The first-order valence-electron chi connectivity index (χ1n) is 8.57. The van der Waals surface area contributed by atoms with E-state index in [1.807, 2.05) is 6.07 Å². The minimum atomic E-state index is -0.309. The number of H-pyrrole nitrogens is 1. The zero-order valence-electron chi connectivity index (χ0n) is 14.5. The number of amides is 1. The van der Waals surface area contributed by atoms with Gasteiger partial charge >= 0.3 is 0 Å². The van der Waals surface area contributed by atoms with Crippen molar-refractivity contribution < 1.29 is 14.6 Å². The molecule has 3 rings (SSSR count). The third-order valence-electron chi connectivity index (χ3n) is 4.61. The molecule has 0 bridgehead atoms. The highest BCUT2D eigenvalue weighted by atomic mass is 16.5. The Hall–Kier alpha value is -2.74. The number of nitrogens with one attached hydrogen (secondary N) is 2. The Bertz CT molecular complexity index is 779. The smallest absolute Gasteiger partial charge is 0.264 e. The largest absolute Gasteiger partial charge is 0.481 e. The molecule has 138 valence electrons. The summed E-state index contributed by atoms with van der Waals surface area (Å²) in [6.07, 6.45) is 3.38. The van der Waals surface area contributed by atoms with Gasteiger partial charge in [0.05, 0.1) is 24.9 Å². The molecule has 8 heteroatoms. The molecule has 0 radical (unpaired) electrons. The van der Waals surface area contributed by atoms with Crippen molar-refractivity contribution in [1.82, 2.24) is 20.5 Å². The van der Waals surface area contributed by atoms with Gasteiger partial charge in [-0.3, -0.25) is 9.59 Å². The Labute approximate surface area is 150 Å². The van der Waals surface area contributed by atoms with Gasteiger partial charge in [-0.05, 0) is 30.4 Å². The number of aromatic nitrogens is 3. The Balaban J connectivity index is 1.63. The second-order valence-electron chi connectivity index (χ2n) is 6.48. The van der Waals surface area contributed by atoms with Crippen LogP contribution in [0.15, 0.2) is 35.3 Å². The van der Waals surface area contributed by atoms with Crippen LogP contribution in [-0.2, 0) is 11.2 Å². The van der Waals surface area contributed by atoms with Gasteiger partial charge in [0.15, 0.2) is 0 Å². The molecular formula is C18H22N4O4. The van der Waals surface area contributed by atoms with Gasteiger partial charge in [-0.1, -0.05) is 6.07 Å². The van der Waals surface area contributed by atoms with E-state index in [9.17, 15) is 14.7 Å². The van der Waals surface area contributed by atoms with E-state index >= 15 is 0 Å². The highest BCUT2D eigenvalue weighted by Crippen LogP contribution is 2.38. The summed E-state index contributed by atoms with van der Waals surface area (Å²) in [5, 5.41) is 18.9. The first-order chi connectivity index (χ1) is 12.5. The van der Waals surface area contributed by atoms with Gasteiger partial charge in [0, 0.05) is 31.2 Å². The summed E-state index contributed by atoms with van der Waals surface area (Å²) in [5.41, 5.74) is 1.27. The number of aromatic amines is 1. The maximum atomic E-state index is 12.4. The van der Waals surface area contributed by atoms with Crippen LogP contribution in [-0.4, -0.2) is 39.4 Å². The predicted octanol–water partition coefficient (Wildman–Crippen LogP) is 0.734. The number of methoxy groups -OCH3 is 1. The molecule has 8 nitrogen and oxygen atoms in total. The molecule has 26 heavy (non-hydrogen) atoms. The number of pyridine rings is 1. The summed E-state index contributed by atoms with van der Waals surface area (Å²) >= 11 is 0. The molecule has 0 saturated heterocycles. The molecular weight excluding hydrogens is 336 g/mol. The van der Waals surface area contributed by atoms with Crippen molar-refractivity contribution in [3.8, 4) is 5.88 Å². The molecule has 0 aliphatic heterocycles. The number of carbonyl (C=O) groups is 1. The van der Waals surface area contributed by atoms with Gasteiger partial charge in [0.2, 0.25) is 11.8 Å². The summed E-state index contributed by atoms with van der Waals surface area (Å²) < 4.78 is 5.07. The lowest BCUT2D eigenvalue weighted by Gasteiger charge is -2.38. The predicted molar refractivity (Wildman–Crippen MR) is 93.6 cm³/mol. The molecule has 1 atom stereocenters. The lowest BCUT2D eigenvalue weighted by Crippen LogP contribution is -2.41. The summed E-state index contributed by atoms with van der Waals surface area (Å²) in [7, 11) is 1.55. The van der Waals surface area contributed by atoms with E-state index in [0.717, 1.165) is 5.56 Å². The van der Waals surface area contributed by atoms with Gasteiger partial charge in [-0.2, -0.15) is 5.10 Å². The van der Waals surface area contributed by atoms with Crippen LogP contribution < -0.4 is 15.6 Å². The molecule has 2 aromatic heterocycles. The van der Waals surface area contributed by atoms with E-state index in [2.05, 4.69) is 20.5 Å². The fourth-order valence-electron chi connectivity index (χ4n) is 3.07. The van der Waals surface area contributed by atoms with E-state index in [0.29, 0.717) is 30.8 Å². The fourth-order valence-corrected chi connectivity index (χ4v) is 3.07. The Kier molecular flexibility index (Phi) is 5.62. The first-order valence-corrected chi connectivity index (χ1v) is 8.57. The summed E-state index contributed by atoms with van der Waals surface area (Å²) in [4.78, 5) is 27.6.